The maximum Gasteiger partial charge on any atom is 0.295 e. The van der Waals surface area contributed by atoms with Gasteiger partial charge in [0, 0.05) is 29.5 Å². The van der Waals surface area contributed by atoms with Gasteiger partial charge in [0.2, 0.25) is 16.9 Å². The van der Waals surface area contributed by atoms with Gasteiger partial charge in [0.05, 0.1) is 12.3 Å². The lowest BCUT2D eigenvalue weighted by Gasteiger charge is -2.11. The van der Waals surface area contributed by atoms with Crippen LogP contribution >= 0.6 is 12.2 Å². The number of nitrogens with zero attached hydrogens (tertiary/aromatic N) is 3. The molecular weight excluding hydrogens is 392 g/mol. The molecule has 1 heterocycles. The number of thiocarbonyl (C=S) groups is 1. The minimum atomic E-state index is -0.564. The van der Waals surface area contributed by atoms with Gasteiger partial charge in [0.25, 0.3) is 5.91 Å². The smallest absolute Gasteiger partial charge is 0.295 e. The van der Waals surface area contributed by atoms with E-state index in [1.807, 2.05) is 6.92 Å². The third-order valence-corrected chi connectivity index (χ3v) is 4.42. The lowest BCUT2D eigenvalue weighted by molar-refractivity contribution is 0.0995. The molecule has 0 spiro atoms. The lowest BCUT2D eigenvalue weighted by Crippen LogP contribution is -2.33. The van der Waals surface area contributed by atoms with Crippen molar-refractivity contribution in [1.82, 2.24) is 9.88 Å². The van der Waals surface area contributed by atoms with Gasteiger partial charge in [-0.15, -0.1) is 10.2 Å². The van der Waals surface area contributed by atoms with Crippen molar-refractivity contribution in [2.24, 2.45) is 10.2 Å². The number of benzene rings is 2. The summed E-state index contributed by atoms with van der Waals surface area (Å²) in [5.74, 6) is -0.733. The first-order valence-corrected chi connectivity index (χ1v) is 9.20. The van der Waals surface area contributed by atoms with Crippen LogP contribution in [0.15, 0.2) is 58.8 Å². The summed E-state index contributed by atoms with van der Waals surface area (Å²) < 4.78 is 6.29. The molecule has 29 heavy (non-hydrogen) atoms. The zero-order valence-electron chi connectivity index (χ0n) is 15.9. The van der Waals surface area contributed by atoms with E-state index < -0.39 is 5.91 Å². The molecule has 9 heteroatoms. The number of hydrogen-bond donors (Lipinski definition) is 3. The van der Waals surface area contributed by atoms with Crippen LogP contribution in [-0.4, -0.2) is 45.6 Å². The molecule has 0 saturated carbocycles. The van der Waals surface area contributed by atoms with Gasteiger partial charge in [-0.1, -0.05) is 12.1 Å². The van der Waals surface area contributed by atoms with Gasteiger partial charge < -0.3 is 20.3 Å². The third-order valence-electron chi connectivity index (χ3n) is 4.22. The van der Waals surface area contributed by atoms with E-state index in [0.717, 1.165) is 0 Å². The topological polar surface area (TPSA) is 108 Å². The largest absolute Gasteiger partial charge is 0.494 e. The number of amides is 1. The number of ether oxygens (including phenoxy) is 1. The highest BCUT2D eigenvalue weighted by molar-refractivity contribution is 7.80. The molecule has 3 N–H and O–H groups in total. The summed E-state index contributed by atoms with van der Waals surface area (Å²) in [7, 11) is 1.58. The highest BCUT2D eigenvalue weighted by atomic mass is 32.1. The van der Waals surface area contributed by atoms with E-state index in [9.17, 15) is 15.0 Å². The first-order chi connectivity index (χ1) is 13.9. The fourth-order valence-electron chi connectivity index (χ4n) is 2.89. The van der Waals surface area contributed by atoms with Gasteiger partial charge >= 0.3 is 0 Å². The number of aromatic hydroxyl groups is 2. The summed E-state index contributed by atoms with van der Waals surface area (Å²) in [6.07, 6.45) is 0. The summed E-state index contributed by atoms with van der Waals surface area (Å²) in [6, 6.07) is 13.2. The minimum absolute atomic E-state index is 0.0572. The minimum Gasteiger partial charge on any atom is -0.494 e. The van der Waals surface area contributed by atoms with Gasteiger partial charge in [0.15, 0.2) is 0 Å². The molecule has 0 aliphatic rings. The van der Waals surface area contributed by atoms with Crippen LogP contribution in [-0.2, 0) is 4.74 Å². The highest BCUT2D eigenvalue weighted by Gasteiger charge is 2.17. The Labute approximate surface area is 172 Å². The Hall–Kier alpha value is -3.30. The van der Waals surface area contributed by atoms with E-state index in [-0.39, 0.29) is 22.9 Å². The van der Waals surface area contributed by atoms with Crippen molar-refractivity contribution in [3.8, 4) is 17.4 Å². The third kappa shape index (κ3) is 4.41. The normalized spacial score (nSPS) is 12.3. The standard InChI is InChI=1S/C20H20N4O4S/c1-12(11-28-2)21-20(29)23-22-17(25)13-7-9-14(10-8-13)24-18(26)15-5-3-4-6-16(15)19(24)27/h3-10,12,26-27H,11H2,1-2H3,(H,21,29)/t12-/m0/s1. The fraction of sp³-hybridized carbons (Fsp3) is 0.200. The average molecular weight is 412 g/mol. The van der Waals surface area contributed by atoms with Crippen LogP contribution in [0, 0.1) is 0 Å². The zero-order valence-corrected chi connectivity index (χ0v) is 16.7. The molecule has 0 aliphatic heterocycles. The van der Waals surface area contributed by atoms with Gasteiger partial charge in [-0.3, -0.25) is 9.36 Å². The molecular formula is C20H20N4O4S. The summed E-state index contributed by atoms with van der Waals surface area (Å²) in [4.78, 5) is 12.2. The molecule has 8 nitrogen and oxygen atoms in total. The maximum absolute atomic E-state index is 12.2. The molecule has 150 valence electrons. The summed E-state index contributed by atoms with van der Waals surface area (Å²) >= 11 is 5.02. The lowest BCUT2D eigenvalue weighted by atomic mass is 10.2. The van der Waals surface area contributed by atoms with E-state index in [1.54, 1.807) is 43.5 Å². The number of azo groups is 1. The van der Waals surface area contributed by atoms with Crippen molar-refractivity contribution in [2.45, 2.75) is 13.0 Å². The Morgan fingerprint density at radius 3 is 2.24 bits per heavy atom. The Morgan fingerprint density at radius 1 is 1.10 bits per heavy atom. The number of fused-ring (bicyclic) bond motifs is 1. The second-order valence-electron chi connectivity index (χ2n) is 6.39. The van der Waals surface area contributed by atoms with Gasteiger partial charge in [0.1, 0.15) is 0 Å². The predicted octanol–water partition coefficient (Wildman–Crippen LogP) is 3.54. The monoisotopic (exact) mass is 412 g/mol. The molecule has 0 aliphatic carbocycles. The second-order valence-corrected chi connectivity index (χ2v) is 6.77. The SMILES string of the molecule is COC[C@H](C)NC(=S)N=NC(=O)c1ccc(-n2c(O)c3ccccc3c2O)cc1. The first-order valence-electron chi connectivity index (χ1n) is 8.79. The Kier molecular flexibility index (Phi) is 6.20. The summed E-state index contributed by atoms with van der Waals surface area (Å²) in [6.45, 7) is 2.31. The number of carbonyl (C=O) groups excluding carboxylic acids is 1. The molecule has 3 rings (SSSR count). The molecule has 0 unspecified atom stereocenters. The molecule has 0 bridgehead atoms. The number of nitrogens with one attached hydrogen (secondary N) is 1. The Bertz CT molecular complexity index is 1040. The number of hydrogen-bond acceptors (Lipinski definition) is 5. The zero-order chi connectivity index (χ0) is 21.0. The number of rotatable bonds is 5. The first kappa shape index (κ1) is 20.4. The van der Waals surface area contributed by atoms with Crippen LogP contribution in [0.5, 0.6) is 11.8 Å². The fourth-order valence-corrected chi connectivity index (χ4v) is 3.13. The number of methoxy groups -OCH3 is 1. The van der Waals surface area contributed by atoms with Crippen LogP contribution in [0.1, 0.15) is 17.3 Å². The molecule has 0 radical (unpaired) electrons. The Morgan fingerprint density at radius 2 is 1.69 bits per heavy atom. The van der Waals surface area contributed by atoms with Crippen molar-refractivity contribution in [1.29, 1.82) is 0 Å². The summed E-state index contributed by atoms with van der Waals surface area (Å²) in [5.41, 5.74) is 0.788. The molecule has 2 aromatic carbocycles. The van der Waals surface area contributed by atoms with Crippen molar-refractivity contribution < 1.29 is 19.7 Å². The van der Waals surface area contributed by atoms with Crippen LogP contribution in [0.25, 0.3) is 16.5 Å². The second kappa shape index (κ2) is 8.80. The molecule has 3 aromatic rings. The van der Waals surface area contributed by atoms with Crippen molar-refractivity contribution in [2.75, 3.05) is 13.7 Å². The van der Waals surface area contributed by atoms with E-state index in [1.165, 1.54) is 16.7 Å². The van der Waals surface area contributed by atoms with Crippen molar-refractivity contribution >= 4 is 34.0 Å². The van der Waals surface area contributed by atoms with E-state index in [0.29, 0.717) is 28.6 Å². The van der Waals surface area contributed by atoms with Crippen LogP contribution in [0.2, 0.25) is 0 Å². The molecule has 1 aromatic heterocycles. The molecule has 0 fully saturated rings. The maximum atomic E-state index is 12.2. The number of carbonyl (C=O) groups is 1. The van der Waals surface area contributed by atoms with Gasteiger partial charge in [-0.25, -0.2) is 0 Å². The molecule has 0 saturated heterocycles. The summed E-state index contributed by atoms with van der Waals surface area (Å²) in [5, 5.41) is 32.2. The van der Waals surface area contributed by atoms with E-state index >= 15 is 0 Å². The van der Waals surface area contributed by atoms with Crippen molar-refractivity contribution in [3.05, 3.63) is 54.1 Å². The van der Waals surface area contributed by atoms with Gasteiger partial charge in [-0.05, 0) is 55.5 Å². The van der Waals surface area contributed by atoms with E-state index in [2.05, 4.69) is 15.5 Å². The quantitative estimate of drug-likeness (QED) is 0.437. The van der Waals surface area contributed by atoms with Crippen LogP contribution in [0.3, 0.4) is 0 Å². The molecule has 1 amide bonds. The average Bonchev–Trinajstić information content (AvgIpc) is 2.97. The molecule has 1 atom stereocenters. The highest BCUT2D eigenvalue weighted by Crippen LogP contribution is 2.38. The van der Waals surface area contributed by atoms with Crippen LogP contribution in [0.4, 0.5) is 0 Å². The van der Waals surface area contributed by atoms with E-state index in [4.69, 9.17) is 17.0 Å². The Balaban J connectivity index is 1.76. The van der Waals surface area contributed by atoms with Crippen LogP contribution < -0.4 is 5.32 Å². The predicted molar refractivity (Wildman–Crippen MR) is 113 cm³/mol. The van der Waals surface area contributed by atoms with Crippen molar-refractivity contribution in [3.63, 3.8) is 0 Å². The number of aromatic nitrogens is 1. The van der Waals surface area contributed by atoms with Gasteiger partial charge in [-0.2, -0.15) is 0 Å².